The molecule has 154 valence electrons. The Bertz CT molecular complexity index is 1060. The summed E-state index contributed by atoms with van der Waals surface area (Å²) in [6, 6.07) is 11.4. The summed E-state index contributed by atoms with van der Waals surface area (Å²) >= 11 is 0. The Kier molecular flexibility index (Phi) is 5.72. The summed E-state index contributed by atoms with van der Waals surface area (Å²) in [7, 11) is 0. The predicted molar refractivity (Wildman–Crippen MR) is 116 cm³/mol. The van der Waals surface area contributed by atoms with Gasteiger partial charge in [-0.15, -0.1) is 0 Å². The summed E-state index contributed by atoms with van der Waals surface area (Å²) in [6.07, 6.45) is 4.12. The summed E-state index contributed by atoms with van der Waals surface area (Å²) in [5, 5.41) is 2.99. The Labute approximate surface area is 171 Å². The number of piperidine rings is 1. The topological polar surface area (TPSA) is 58.8 Å². The van der Waals surface area contributed by atoms with Gasteiger partial charge < -0.3 is 14.6 Å². The number of nitrogens with one attached hydrogen (secondary N) is 1. The third-order valence-corrected chi connectivity index (χ3v) is 5.86. The van der Waals surface area contributed by atoms with Gasteiger partial charge >= 0.3 is 0 Å². The number of likely N-dealkylation sites (tertiary alicyclic amines) is 1. The molecule has 29 heavy (non-hydrogen) atoms. The van der Waals surface area contributed by atoms with Crippen LogP contribution in [0.1, 0.15) is 26.7 Å². The highest BCUT2D eigenvalue weighted by atomic mass is 16.2. The minimum absolute atomic E-state index is 0.0405. The summed E-state index contributed by atoms with van der Waals surface area (Å²) in [5.41, 5.74) is 2.14. The zero-order valence-electron chi connectivity index (χ0n) is 17.3. The molecule has 0 unspecified atom stereocenters. The summed E-state index contributed by atoms with van der Waals surface area (Å²) < 4.78 is 3.46. The van der Waals surface area contributed by atoms with Gasteiger partial charge in [-0.25, -0.2) is 0 Å². The van der Waals surface area contributed by atoms with Gasteiger partial charge in [-0.05, 0) is 55.5 Å². The number of rotatable bonds is 6. The molecule has 2 aromatic heterocycles. The molecule has 2 atom stereocenters. The van der Waals surface area contributed by atoms with E-state index < -0.39 is 0 Å². The molecule has 0 saturated carbocycles. The summed E-state index contributed by atoms with van der Waals surface area (Å²) in [5.74, 6) is 1.38. The Hall–Kier alpha value is -2.60. The lowest BCUT2D eigenvalue weighted by atomic mass is 9.92. The van der Waals surface area contributed by atoms with E-state index in [1.165, 1.54) is 6.42 Å². The van der Waals surface area contributed by atoms with Gasteiger partial charge in [-0.2, -0.15) is 0 Å². The second-order valence-electron chi connectivity index (χ2n) is 8.55. The lowest BCUT2D eigenvalue weighted by Gasteiger charge is -2.34. The average Bonchev–Trinajstić information content (AvgIpc) is 3.18. The summed E-state index contributed by atoms with van der Waals surface area (Å²) in [6.45, 7) is 8.61. The first kappa shape index (κ1) is 19.7. The first-order valence-electron chi connectivity index (χ1n) is 10.6. The van der Waals surface area contributed by atoms with Gasteiger partial charge in [0.25, 0.3) is 5.56 Å². The number of carbonyl (C=O) groups excluding carboxylic acids is 1. The number of fused-ring (bicyclic) bond motifs is 3. The summed E-state index contributed by atoms with van der Waals surface area (Å²) in [4.78, 5) is 27.9. The monoisotopic (exact) mass is 394 g/mol. The molecule has 0 bridgehead atoms. The molecule has 1 saturated heterocycles. The Balaban J connectivity index is 1.39. The molecule has 1 amide bonds. The van der Waals surface area contributed by atoms with Crippen molar-refractivity contribution in [3.8, 4) is 0 Å². The van der Waals surface area contributed by atoms with Crippen LogP contribution in [0, 0.1) is 11.8 Å². The number of para-hydroxylation sites is 2. The maximum atomic E-state index is 12.9. The van der Waals surface area contributed by atoms with Crippen molar-refractivity contribution in [3.05, 3.63) is 52.9 Å². The molecule has 3 heterocycles. The number of amides is 1. The minimum Gasteiger partial charge on any atom is -0.355 e. The predicted octanol–water partition coefficient (Wildman–Crippen LogP) is 2.74. The van der Waals surface area contributed by atoms with Crippen LogP contribution in [0.4, 0.5) is 0 Å². The molecule has 0 spiro atoms. The van der Waals surface area contributed by atoms with Crippen molar-refractivity contribution in [3.63, 3.8) is 0 Å². The molecular formula is C23H30N4O2. The minimum atomic E-state index is -0.139. The second kappa shape index (κ2) is 8.41. The largest absolute Gasteiger partial charge is 0.355 e. The highest BCUT2D eigenvalue weighted by Gasteiger charge is 2.21. The van der Waals surface area contributed by atoms with Crippen LogP contribution in [0.5, 0.6) is 0 Å². The Morgan fingerprint density at radius 1 is 1.03 bits per heavy atom. The van der Waals surface area contributed by atoms with Crippen LogP contribution in [-0.2, 0) is 11.3 Å². The Morgan fingerprint density at radius 2 is 1.72 bits per heavy atom. The van der Waals surface area contributed by atoms with E-state index in [0.717, 1.165) is 48.9 Å². The molecule has 1 fully saturated rings. The molecular weight excluding hydrogens is 364 g/mol. The van der Waals surface area contributed by atoms with E-state index in [2.05, 4.69) is 24.1 Å². The highest BCUT2D eigenvalue weighted by molar-refractivity contribution is 5.82. The zero-order valence-corrected chi connectivity index (χ0v) is 17.3. The number of aromatic nitrogens is 2. The number of hydrogen-bond acceptors (Lipinski definition) is 3. The molecule has 1 aliphatic rings. The second-order valence-corrected chi connectivity index (χ2v) is 8.55. The smallest absolute Gasteiger partial charge is 0.275 e. The maximum Gasteiger partial charge on any atom is 0.275 e. The SMILES string of the molecule is C[C@@H]1C[C@H](C)CN(CCCNC(=O)Cn2c(=O)c3cccn3c3ccccc32)C1. The van der Waals surface area contributed by atoms with E-state index in [4.69, 9.17) is 0 Å². The number of nitrogens with zero attached hydrogens (tertiary/aromatic N) is 3. The fourth-order valence-corrected chi connectivity index (χ4v) is 4.77. The van der Waals surface area contributed by atoms with Gasteiger partial charge in [-0.1, -0.05) is 26.0 Å². The van der Waals surface area contributed by atoms with Crippen molar-refractivity contribution in [2.45, 2.75) is 33.2 Å². The van der Waals surface area contributed by atoms with Gasteiger partial charge in [0, 0.05) is 25.8 Å². The van der Waals surface area contributed by atoms with Crippen molar-refractivity contribution in [1.82, 2.24) is 19.2 Å². The fourth-order valence-electron chi connectivity index (χ4n) is 4.77. The van der Waals surface area contributed by atoms with E-state index in [0.29, 0.717) is 12.1 Å². The van der Waals surface area contributed by atoms with Crippen molar-refractivity contribution in [2.24, 2.45) is 11.8 Å². The van der Waals surface area contributed by atoms with Crippen molar-refractivity contribution < 1.29 is 4.79 Å². The van der Waals surface area contributed by atoms with Crippen LogP contribution in [0.3, 0.4) is 0 Å². The van der Waals surface area contributed by atoms with Gasteiger partial charge in [0.1, 0.15) is 12.1 Å². The van der Waals surface area contributed by atoms with Gasteiger partial charge in [-0.3, -0.25) is 14.2 Å². The van der Waals surface area contributed by atoms with E-state index in [1.807, 2.05) is 40.9 Å². The number of carbonyl (C=O) groups is 1. The van der Waals surface area contributed by atoms with Gasteiger partial charge in [0.2, 0.25) is 5.91 Å². The third-order valence-electron chi connectivity index (χ3n) is 5.86. The van der Waals surface area contributed by atoms with E-state index in [-0.39, 0.29) is 18.0 Å². The first-order valence-corrected chi connectivity index (χ1v) is 10.6. The van der Waals surface area contributed by atoms with Crippen LogP contribution in [0.15, 0.2) is 47.4 Å². The zero-order chi connectivity index (χ0) is 20.4. The highest BCUT2D eigenvalue weighted by Crippen LogP contribution is 2.20. The molecule has 0 aliphatic carbocycles. The average molecular weight is 395 g/mol. The quantitative estimate of drug-likeness (QED) is 0.654. The van der Waals surface area contributed by atoms with E-state index in [1.54, 1.807) is 10.6 Å². The fraction of sp³-hybridized carbons (Fsp3) is 0.478. The van der Waals surface area contributed by atoms with Crippen LogP contribution in [-0.4, -0.2) is 46.0 Å². The molecule has 6 nitrogen and oxygen atoms in total. The van der Waals surface area contributed by atoms with Crippen LogP contribution in [0.25, 0.3) is 16.6 Å². The molecule has 1 aromatic carbocycles. The van der Waals surface area contributed by atoms with Crippen LogP contribution < -0.4 is 10.9 Å². The van der Waals surface area contributed by atoms with Crippen LogP contribution in [0.2, 0.25) is 0 Å². The van der Waals surface area contributed by atoms with Crippen molar-refractivity contribution >= 4 is 22.5 Å². The first-order chi connectivity index (χ1) is 14.0. The van der Waals surface area contributed by atoms with Gasteiger partial charge in [0.05, 0.1) is 11.0 Å². The normalized spacial score (nSPS) is 20.3. The molecule has 1 aliphatic heterocycles. The number of benzene rings is 1. The molecule has 1 N–H and O–H groups in total. The molecule has 6 heteroatoms. The van der Waals surface area contributed by atoms with Crippen LogP contribution >= 0.6 is 0 Å². The lowest BCUT2D eigenvalue weighted by molar-refractivity contribution is -0.121. The van der Waals surface area contributed by atoms with Gasteiger partial charge in [0.15, 0.2) is 0 Å². The number of hydrogen-bond donors (Lipinski definition) is 1. The van der Waals surface area contributed by atoms with Crippen molar-refractivity contribution in [1.29, 1.82) is 0 Å². The molecule has 0 radical (unpaired) electrons. The third kappa shape index (κ3) is 4.22. The van der Waals surface area contributed by atoms with E-state index >= 15 is 0 Å². The maximum absolute atomic E-state index is 12.9. The Morgan fingerprint density at radius 3 is 2.48 bits per heavy atom. The standard InChI is InChI=1S/C23H30N4O2/c1-17-13-18(2)15-25(14-17)11-6-10-24-22(28)16-27-20-8-4-3-7-19(20)26-12-5-9-21(26)23(27)29/h3-5,7-9,12,17-18H,6,10-11,13-16H2,1-2H3,(H,24,28)/t17-,18+. The molecule has 3 aromatic rings. The van der Waals surface area contributed by atoms with Crippen molar-refractivity contribution in [2.75, 3.05) is 26.2 Å². The lowest BCUT2D eigenvalue weighted by Crippen LogP contribution is -2.40. The van der Waals surface area contributed by atoms with E-state index in [9.17, 15) is 9.59 Å². The molecule has 4 rings (SSSR count).